The van der Waals surface area contributed by atoms with Gasteiger partial charge in [-0.2, -0.15) is 5.10 Å². The van der Waals surface area contributed by atoms with E-state index in [1.165, 1.54) is 0 Å². The molecule has 102 valence electrons. The van der Waals surface area contributed by atoms with Gasteiger partial charge in [-0.3, -0.25) is 5.10 Å². The van der Waals surface area contributed by atoms with Crippen LogP contribution < -0.4 is 5.32 Å². The molecule has 5 nitrogen and oxygen atoms in total. The number of hydrogen-bond acceptors (Lipinski definition) is 4. The van der Waals surface area contributed by atoms with E-state index in [1.54, 1.807) is 6.20 Å². The molecule has 1 atom stereocenters. The van der Waals surface area contributed by atoms with Crippen molar-refractivity contribution in [3.8, 4) is 11.4 Å². The second-order valence-electron chi connectivity index (χ2n) is 5.56. The Morgan fingerprint density at radius 1 is 1.32 bits per heavy atom. The van der Waals surface area contributed by atoms with Crippen molar-refractivity contribution in [3.63, 3.8) is 0 Å². The lowest BCUT2D eigenvalue weighted by Crippen LogP contribution is -2.38. The number of hydrogen-bond donors (Lipinski definition) is 3. The highest BCUT2D eigenvalue weighted by Gasteiger charge is 2.15. The number of aromatic amines is 1. The van der Waals surface area contributed by atoms with E-state index in [0.29, 0.717) is 12.2 Å². The zero-order valence-corrected chi connectivity index (χ0v) is 11.5. The summed E-state index contributed by atoms with van der Waals surface area (Å²) < 4.78 is 0. The first-order valence-electron chi connectivity index (χ1n) is 6.35. The maximum atomic E-state index is 10.2. The lowest BCUT2D eigenvalue weighted by atomic mass is 10.1. The van der Waals surface area contributed by atoms with Crippen LogP contribution in [0.1, 0.15) is 32.6 Å². The summed E-state index contributed by atoms with van der Waals surface area (Å²) in [6.45, 7) is 6.67. The number of aliphatic hydroxyl groups excluding tert-OH is 1. The molecule has 3 N–H and O–H groups in total. The standard InChI is InChI=1S/C14H20N4O/c1-14(2,3)15-9-13(19)12-6-4-5-10(17-12)11-7-8-16-18-11/h4-8,13,15,19H,9H2,1-3H3,(H,16,18)/t13-/m0/s1. The van der Waals surface area contributed by atoms with E-state index in [0.717, 1.165) is 11.4 Å². The van der Waals surface area contributed by atoms with Crippen LogP contribution in [0.15, 0.2) is 30.5 Å². The normalized spacial score (nSPS) is 13.5. The first-order chi connectivity index (χ1) is 8.96. The quantitative estimate of drug-likeness (QED) is 0.785. The molecule has 2 rings (SSSR count). The van der Waals surface area contributed by atoms with Gasteiger partial charge in [-0.15, -0.1) is 0 Å². The molecule has 0 radical (unpaired) electrons. The van der Waals surface area contributed by atoms with Crippen LogP contribution in [0.25, 0.3) is 11.4 Å². The Bertz CT molecular complexity index is 516. The van der Waals surface area contributed by atoms with Gasteiger partial charge in [0.1, 0.15) is 6.10 Å². The third-order valence-electron chi connectivity index (χ3n) is 2.71. The fourth-order valence-corrected chi connectivity index (χ4v) is 1.69. The third-order valence-corrected chi connectivity index (χ3v) is 2.71. The summed E-state index contributed by atoms with van der Waals surface area (Å²) in [4.78, 5) is 4.45. The minimum absolute atomic E-state index is 0.0258. The molecule has 0 aliphatic rings. The Labute approximate surface area is 113 Å². The minimum Gasteiger partial charge on any atom is -0.385 e. The fourth-order valence-electron chi connectivity index (χ4n) is 1.69. The minimum atomic E-state index is -0.623. The van der Waals surface area contributed by atoms with E-state index in [1.807, 2.05) is 24.3 Å². The van der Waals surface area contributed by atoms with Gasteiger partial charge in [-0.25, -0.2) is 4.98 Å². The number of rotatable bonds is 4. The molecule has 0 amide bonds. The van der Waals surface area contributed by atoms with E-state index in [4.69, 9.17) is 0 Å². The predicted molar refractivity (Wildman–Crippen MR) is 74.5 cm³/mol. The molecule has 2 aromatic heterocycles. The van der Waals surface area contributed by atoms with Crippen molar-refractivity contribution < 1.29 is 5.11 Å². The molecule has 0 spiro atoms. The van der Waals surface area contributed by atoms with Crippen LogP contribution in [0.3, 0.4) is 0 Å². The van der Waals surface area contributed by atoms with Crippen molar-refractivity contribution in [3.05, 3.63) is 36.2 Å². The Balaban J connectivity index is 2.10. The van der Waals surface area contributed by atoms with E-state index >= 15 is 0 Å². The van der Waals surface area contributed by atoms with Crippen molar-refractivity contribution >= 4 is 0 Å². The number of nitrogens with one attached hydrogen (secondary N) is 2. The second kappa shape index (κ2) is 5.50. The Kier molecular flexibility index (Phi) is 3.97. The number of aromatic nitrogens is 3. The lowest BCUT2D eigenvalue weighted by molar-refractivity contribution is 0.159. The van der Waals surface area contributed by atoms with E-state index in [-0.39, 0.29) is 5.54 Å². The molecule has 5 heteroatoms. The summed E-state index contributed by atoms with van der Waals surface area (Å²) in [5, 5.41) is 20.2. The van der Waals surface area contributed by atoms with Crippen LogP contribution in [0.2, 0.25) is 0 Å². The third kappa shape index (κ3) is 3.87. The summed E-state index contributed by atoms with van der Waals surface area (Å²) in [5.41, 5.74) is 2.26. The molecule has 0 saturated heterocycles. The predicted octanol–water partition coefficient (Wildman–Crippen LogP) is 1.89. The molecular weight excluding hydrogens is 240 g/mol. The lowest BCUT2D eigenvalue weighted by Gasteiger charge is -2.22. The molecule has 0 aliphatic carbocycles. The number of pyridine rings is 1. The molecule has 0 fully saturated rings. The van der Waals surface area contributed by atoms with Crippen LogP contribution >= 0.6 is 0 Å². The first kappa shape index (κ1) is 13.7. The van der Waals surface area contributed by atoms with Crippen molar-refractivity contribution in [2.24, 2.45) is 0 Å². The van der Waals surface area contributed by atoms with Crippen molar-refractivity contribution in [1.29, 1.82) is 0 Å². The maximum Gasteiger partial charge on any atom is 0.108 e. The molecule has 0 saturated carbocycles. The van der Waals surface area contributed by atoms with Crippen LogP contribution in [-0.2, 0) is 0 Å². The second-order valence-corrected chi connectivity index (χ2v) is 5.56. The van der Waals surface area contributed by atoms with Gasteiger partial charge >= 0.3 is 0 Å². The van der Waals surface area contributed by atoms with Gasteiger partial charge in [0.15, 0.2) is 0 Å². The average molecular weight is 260 g/mol. The molecule has 0 unspecified atom stereocenters. The zero-order valence-electron chi connectivity index (χ0n) is 11.5. The number of H-pyrrole nitrogens is 1. The van der Waals surface area contributed by atoms with Gasteiger partial charge in [-0.05, 0) is 39.0 Å². The molecule has 19 heavy (non-hydrogen) atoms. The maximum absolute atomic E-state index is 10.2. The highest BCUT2D eigenvalue weighted by atomic mass is 16.3. The van der Waals surface area contributed by atoms with Crippen molar-refractivity contribution in [1.82, 2.24) is 20.5 Å². The highest BCUT2D eigenvalue weighted by molar-refractivity contribution is 5.53. The SMILES string of the molecule is CC(C)(C)NC[C@H](O)c1cccc(-c2ccn[nH]2)n1. The monoisotopic (exact) mass is 260 g/mol. The van der Waals surface area contributed by atoms with Gasteiger partial charge in [0.05, 0.1) is 17.1 Å². The van der Waals surface area contributed by atoms with E-state index < -0.39 is 6.10 Å². The molecule has 2 heterocycles. The summed E-state index contributed by atoms with van der Waals surface area (Å²) in [6, 6.07) is 7.46. The number of nitrogens with zero attached hydrogens (tertiary/aromatic N) is 2. The molecule has 0 aromatic carbocycles. The molecular formula is C14H20N4O. The van der Waals surface area contributed by atoms with E-state index in [2.05, 4.69) is 41.3 Å². The Morgan fingerprint density at radius 3 is 2.74 bits per heavy atom. The van der Waals surface area contributed by atoms with Gasteiger partial charge in [0.25, 0.3) is 0 Å². The van der Waals surface area contributed by atoms with Crippen LogP contribution in [0.4, 0.5) is 0 Å². The van der Waals surface area contributed by atoms with Crippen LogP contribution in [-0.4, -0.2) is 32.4 Å². The summed E-state index contributed by atoms with van der Waals surface area (Å²) in [5.74, 6) is 0. The summed E-state index contributed by atoms with van der Waals surface area (Å²) in [6.07, 6.45) is 1.06. The van der Waals surface area contributed by atoms with Crippen LogP contribution in [0, 0.1) is 0 Å². The summed E-state index contributed by atoms with van der Waals surface area (Å²) in [7, 11) is 0. The molecule has 0 bridgehead atoms. The largest absolute Gasteiger partial charge is 0.385 e. The van der Waals surface area contributed by atoms with Crippen LogP contribution in [0.5, 0.6) is 0 Å². The Morgan fingerprint density at radius 2 is 2.11 bits per heavy atom. The smallest absolute Gasteiger partial charge is 0.108 e. The fraction of sp³-hybridized carbons (Fsp3) is 0.429. The van der Waals surface area contributed by atoms with Gasteiger partial charge in [0, 0.05) is 18.3 Å². The van der Waals surface area contributed by atoms with Crippen molar-refractivity contribution in [2.45, 2.75) is 32.4 Å². The zero-order chi connectivity index (χ0) is 13.9. The highest BCUT2D eigenvalue weighted by Crippen LogP contribution is 2.17. The van der Waals surface area contributed by atoms with Gasteiger partial charge in [-0.1, -0.05) is 6.07 Å². The number of aliphatic hydroxyl groups is 1. The first-order valence-corrected chi connectivity index (χ1v) is 6.35. The average Bonchev–Trinajstić information content (AvgIpc) is 2.89. The van der Waals surface area contributed by atoms with E-state index in [9.17, 15) is 5.11 Å². The van der Waals surface area contributed by atoms with Gasteiger partial charge in [0.2, 0.25) is 0 Å². The summed E-state index contributed by atoms with van der Waals surface area (Å²) >= 11 is 0. The van der Waals surface area contributed by atoms with Gasteiger partial charge < -0.3 is 10.4 Å². The van der Waals surface area contributed by atoms with Crippen molar-refractivity contribution in [2.75, 3.05) is 6.54 Å². The topological polar surface area (TPSA) is 73.8 Å². The number of β-amino-alcohol motifs (C(OH)–C–C–N with tert-alkyl or cyclic N) is 1. The Hall–Kier alpha value is -1.72. The molecule has 0 aliphatic heterocycles. The molecule has 2 aromatic rings.